The number of halogens is 27. The number of ether oxygens (including phenoxy) is 3. The van der Waals surface area contributed by atoms with E-state index in [0.717, 1.165) is 7.05 Å². The molecule has 534 valence electrons. The fourth-order valence-electron chi connectivity index (χ4n) is 3.93. The maximum absolute atomic E-state index is 13.4. The number of carbonyl (C=O) groups is 4. The summed E-state index contributed by atoms with van der Waals surface area (Å²) in [6, 6.07) is 0. The molecule has 0 atom stereocenters. The quantitative estimate of drug-likeness (QED) is 0.0270. The number of aliphatic hydroxyl groups is 1. The number of carbonyl (C=O) groups excluding carboxylic acids is 4. The largest absolute Gasteiger partial charge is 1.00 e. The standard InChI is InChI=1S/C10H14F7NO4S.C8H10F7NO4S.C5H4ClF7O2S.2C5H11NO2.C2H6O.2CH2Cl2.ClH.2Na.H2O/c1-3-22-7(19)6-18(2)23(20,21)5-4-8(11,9(12,13)14)10(15,16)17;1-16(4-5(17)18)21(19,20)3-2-6(9,7(10,11)12)8(13,14)15;6-16(14,15)2-1-3(7,4(8,9)10)5(11,12)13;2*1-3-8-5(7)4-6-2;1-2-3;2*2-1-3;;;;/h3-6H2,1-2H3;2-4H2,1H3,(H,17,18);1-2H2;2*6H,3-4H2,1-2H3;3H,2H2,1H3;2*1H2;1H;;;1H2/q;;;;;;;;;2*+1;/p-3. The molecule has 0 unspecified atom stereocenters. The van der Waals surface area contributed by atoms with Crippen LogP contribution in [0.5, 0.6) is 0 Å². The molecule has 52 heteroatoms. The molecule has 0 aromatic heterocycles. The Kier molecular flexibility index (Phi) is 70.2. The molecular formula is C37H60Cl6F21N4Na2O16S3-. The van der Waals surface area contributed by atoms with Gasteiger partial charge in [0.05, 0.1) is 73.4 Å². The first-order valence-electron chi connectivity index (χ1n) is 21.8. The van der Waals surface area contributed by atoms with Crippen molar-refractivity contribution in [2.24, 2.45) is 0 Å². The van der Waals surface area contributed by atoms with Crippen molar-refractivity contribution in [3.8, 4) is 0 Å². The molecular weight excluding hydrogens is 1510 g/mol. The number of likely N-dealkylation sites (N-methyl/N-ethyl adjacent to an activating group) is 4. The molecule has 89 heavy (non-hydrogen) atoms. The van der Waals surface area contributed by atoms with Crippen LogP contribution in [0.1, 0.15) is 47.0 Å². The number of aliphatic carboxylic acids is 1. The van der Waals surface area contributed by atoms with E-state index in [9.17, 15) is 142 Å². The number of alkyl halides is 25. The molecule has 0 heterocycles. The van der Waals surface area contributed by atoms with E-state index in [0.29, 0.717) is 33.4 Å². The summed E-state index contributed by atoms with van der Waals surface area (Å²) >= 11 is 19.1. The van der Waals surface area contributed by atoms with E-state index in [1.165, 1.54) is 6.92 Å². The first-order chi connectivity index (χ1) is 37.7. The van der Waals surface area contributed by atoms with E-state index in [-0.39, 0.29) is 121 Å². The van der Waals surface area contributed by atoms with Gasteiger partial charge in [-0.1, -0.05) is 0 Å². The molecule has 0 radical (unpaired) electrons. The summed E-state index contributed by atoms with van der Waals surface area (Å²) in [6.07, 6.45) is -45.1. The number of rotatable bonds is 22. The number of carboxylic acids is 1. The van der Waals surface area contributed by atoms with Crippen LogP contribution in [0, 0.1) is 0 Å². The molecule has 0 saturated carbocycles. The van der Waals surface area contributed by atoms with Gasteiger partial charge < -0.3 is 57.7 Å². The van der Waals surface area contributed by atoms with Crippen LogP contribution in [0.15, 0.2) is 0 Å². The number of hydrogen-bond donors (Lipinski definition) is 3. The Labute approximate surface area is 572 Å². The molecule has 0 aliphatic carbocycles. The first-order valence-corrected chi connectivity index (χ1v) is 29.6. The van der Waals surface area contributed by atoms with Crippen molar-refractivity contribution in [2.75, 3.05) is 109 Å². The van der Waals surface area contributed by atoms with Gasteiger partial charge >= 0.3 is 114 Å². The maximum atomic E-state index is 13.4. The second-order valence-electron chi connectivity index (χ2n) is 14.4. The predicted octanol–water partition coefficient (Wildman–Crippen LogP) is -1.75. The summed E-state index contributed by atoms with van der Waals surface area (Å²) in [5.41, 5.74) is -17.0. The van der Waals surface area contributed by atoms with Gasteiger partial charge in [-0.3, -0.25) is 14.4 Å². The number of esters is 3. The van der Waals surface area contributed by atoms with Crippen molar-refractivity contribution >= 4 is 110 Å². The van der Waals surface area contributed by atoms with Crippen LogP contribution >= 0.6 is 57.1 Å². The summed E-state index contributed by atoms with van der Waals surface area (Å²) in [5, 5.41) is 23.4. The van der Waals surface area contributed by atoms with Crippen LogP contribution in [0.3, 0.4) is 0 Å². The second kappa shape index (κ2) is 53.8. The SMILES string of the molecule is CCO.CCOC(=O)CN(C)S(=O)(=O)CCC(F)(C(F)(F)F)C(F)(F)F.CCOC(=O)CNC.CCOC(=O)CNC.CN(CC(=O)[O-])S(=O)(=O)CCC(F)(C(F)(F)F)C(F)(F)F.ClCCl.ClCCl.O=S(=O)(Cl)CCC(F)(C(F)(F)F)C(F)(F)F.[Cl-].[Na+].[Na+].[OH-]. The van der Waals surface area contributed by atoms with Gasteiger partial charge in [-0.2, -0.15) is 87.6 Å². The molecule has 0 amide bonds. The van der Waals surface area contributed by atoms with E-state index in [1.54, 1.807) is 34.9 Å². The average molecular weight is 1570 g/mol. The second-order valence-corrected chi connectivity index (χ2v) is 23.3. The number of aliphatic hydroxyl groups excluding tert-OH is 1. The number of nitrogens with zero attached hydrogens (tertiary/aromatic N) is 2. The minimum Gasteiger partial charge on any atom is -1.00 e. The van der Waals surface area contributed by atoms with Crippen molar-refractivity contribution in [1.29, 1.82) is 0 Å². The Morgan fingerprint density at radius 2 is 0.663 bits per heavy atom. The van der Waals surface area contributed by atoms with Crippen molar-refractivity contribution < 1.29 is 238 Å². The van der Waals surface area contributed by atoms with Crippen LogP contribution < -0.4 is 87.3 Å². The molecule has 0 bridgehead atoms. The van der Waals surface area contributed by atoms with E-state index in [1.807, 2.05) is 0 Å². The number of sulfonamides is 2. The Balaban J connectivity index is -0.0000000828. The zero-order chi connectivity index (χ0) is 70.3. The fraction of sp³-hybridized carbons (Fsp3) is 0.892. The van der Waals surface area contributed by atoms with Crippen LogP contribution in [-0.2, 0) is 62.5 Å². The Hall–Kier alpha value is -0.240. The van der Waals surface area contributed by atoms with Gasteiger partial charge in [-0.05, 0) is 41.8 Å². The topological polar surface area (TPSA) is 302 Å². The van der Waals surface area contributed by atoms with E-state index in [2.05, 4.69) is 35.5 Å². The van der Waals surface area contributed by atoms with Crippen molar-refractivity contribution in [1.82, 2.24) is 19.2 Å². The molecule has 0 aliphatic rings. The molecule has 0 saturated heterocycles. The molecule has 4 N–H and O–H groups in total. The maximum Gasteiger partial charge on any atom is 1.00 e. The Bertz CT molecular complexity index is 2130. The molecule has 20 nitrogen and oxygen atoms in total. The zero-order valence-electron chi connectivity index (χ0n) is 47.7. The van der Waals surface area contributed by atoms with Gasteiger partial charge in [-0.25, -0.2) is 38.4 Å². The van der Waals surface area contributed by atoms with Crippen LogP contribution in [0.4, 0.5) is 92.2 Å². The third-order valence-corrected chi connectivity index (χ3v) is 12.8. The number of carboxylic acid groups (broad SMARTS) is 1. The molecule has 0 aromatic rings. The Morgan fingerprint density at radius 3 is 0.831 bits per heavy atom. The summed E-state index contributed by atoms with van der Waals surface area (Å²) in [4.78, 5) is 41.9. The minimum absolute atomic E-state index is 0. The summed E-state index contributed by atoms with van der Waals surface area (Å²) < 4.78 is 337. The first kappa shape index (κ1) is 116. The third kappa shape index (κ3) is 53.6. The zero-order valence-corrected chi connectivity index (χ0v) is 58.7. The third-order valence-electron chi connectivity index (χ3n) is 8.01. The van der Waals surface area contributed by atoms with Gasteiger partial charge in [0.15, 0.2) is 0 Å². The van der Waals surface area contributed by atoms with Gasteiger partial charge in [0.2, 0.25) is 29.1 Å². The molecule has 0 fully saturated rings. The van der Waals surface area contributed by atoms with E-state index < -0.39 is 145 Å². The molecule has 0 spiro atoms. The van der Waals surface area contributed by atoms with Crippen LogP contribution in [-0.4, -0.2) is 231 Å². The predicted molar refractivity (Wildman–Crippen MR) is 265 cm³/mol. The van der Waals surface area contributed by atoms with Crippen molar-refractivity contribution in [2.45, 2.75) is 101 Å². The van der Waals surface area contributed by atoms with Gasteiger partial charge in [0, 0.05) is 50.6 Å². The summed E-state index contributed by atoms with van der Waals surface area (Å²) in [6.45, 7) is 6.09. The van der Waals surface area contributed by atoms with E-state index >= 15 is 0 Å². The number of nitrogens with one attached hydrogen (secondary N) is 2. The number of hydrogen-bond acceptors (Lipinski definition) is 18. The minimum atomic E-state index is -6.37. The smallest absolute Gasteiger partial charge is 1.00 e. The normalized spacial score (nSPS) is 12.0. The van der Waals surface area contributed by atoms with Gasteiger partial charge in [0.1, 0.15) is 6.54 Å². The fourth-order valence-corrected chi connectivity index (χ4v) is 6.99. The van der Waals surface area contributed by atoms with E-state index in [4.69, 9.17) is 51.5 Å². The molecule has 0 rings (SSSR count). The molecule has 0 aromatic carbocycles. The Morgan fingerprint density at radius 1 is 0.472 bits per heavy atom. The summed E-state index contributed by atoms with van der Waals surface area (Å²) in [5.74, 6) is -8.84. The summed E-state index contributed by atoms with van der Waals surface area (Å²) in [7, 11) is -5.06. The average Bonchev–Trinajstić information content (AvgIpc) is 3.28. The van der Waals surface area contributed by atoms with Crippen LogP contribution in [0.2, 0.25) is 0 Å². The van der Waals surface area contributed by atoms with Crippen molar-refractivity contribution in [3.63, 3.8) is 0 Å². The van der Waals surface area contributed by atoms with Crippen LogP contribution in [0.25, 0.3) is 0 Å². The van der Waals surface area contributed by atoms with Gasteiger partial charge in [-0.15, -0.1) is 46.4 Å². The van der Waals surface area contributed by atoms with Gasteiger partial charge in [0.25, 0.3) is 17.0 Å². The molecule has 0 aliphatic heterocycles. The monoisotopic (exact) mass is 1570 g/mol. The van der Waals surface area contributed by atoms with Crippen molar-refractivity contribution in [3.05, 3.63) is 0 Å².